The second kappa shape index (κ2) is 6.39. The summed E-state index contributed by atoms with van der Waals surface area (Å²) in [6.07, 6.45) is 1.36. The maximum absolute atomic E-state index is 12.8. The molecule has 0 aliphatic carbocycles. The Kier molecular flexibility index (Phi) is 4.26. The van der Waals surface area contributed by atoms with E-state index in [1.54, 1.807) is 24.3 Å². The number of hydrogen-bond donors (Lipinski definition) is 2. The van der Waals surface area contributed by atoms with E-state index in [1.165, 1.54) is 15.6 Å². The molecule has 0 spiro atoms. The van der Waals surface area contributed by atoms with Crippen LogP contribution in [0.15, 0.2) is 35.3 Å². The Morgan fingerprint density at radius 3 is 2.72 bits per heavy atom. The predicted molar refractivity (Wildman–Crippen MR) is 91.7 cm³/mol. The lowest BCUT2D eigenvalue weighted by Gasteiger charge is -2.22. The fourth-order valence-electron chi connectivity index (χ4n) is 2.83. The van der Waals surface area contributed by atoms with Crippen LogP contribution in [0.25, 0.3) is 16.6 Å². The van der Waals surface area contributed by atoms with Crippen molar-refractivity contribution in [2.45, 2.75) is 13.8 Å². The van der Waals surface area contributed by atoms with Crippen molar-refractivity contribution in [1.82, 2.24) is 19.5 Å². The van der Waals surface area contributed by atoms with E-state index in [9.17, 15) is 14.4 Å². The number of fused-ring (bicyclic) bond motifs is 3. The summed E-state index contributed by atoms with van der Waals surface area (Å²) in [4.78, 5) is 40.1. The number of aliphatic carboxylic acids is 1. The maximum Gasteiger partial charge on any atom is 0.323 e. The van der Waals surface area contributed by atoms with Gasteiger partial charge in [-0.3, -0.25) is 14.4 Å². The van der Waals surface area contributed by atoms with Gasteiger partial charge in [0.15, 0.2) is 0 Å². The van der Waals surface area contributed by atoms with E-state index in [4.69, 9.17) is 5.11 Å². The number of carbonyl (C=O) groups is 2. The monoisotopic (exact) mass is 342 g/mol. The van der Waals surface area contributed by atoms with Crippen LogP contribution >= 0.6 is 0 Å². The third-order valence-electron chi connectivity index (χ3n) is 3.81. The Balaban J connectivity index is 2.13. The molecule has 130 valence electrons. The normalized spacial score (nSPS) is 11.3. The molecule has 1 aromatic carbocycles. The lowest BCUT2D eigenvalue weighted by molar-refractivity contribution is -0.137. The standard InChI is InChI=1S/C17H18N4O4/c1-10(2)8-20(9-14(22)23)17(25)12-7-18-21-13-6-4-3-5-11(13)16(24)19-15(12)21/h3-7,10H,8-9H2,1-2H3,(H,19,24)(H,22,23). The number of para-hydroxylation sites is 1. The zero-order valence-electron chi connectivity index (χ0n) is 13.9. The highest BCUT2D eigenvalue weighted by molar-refractivity contribution is 6.01. The van der Waals surface area contributed by atoms with Gasteiger partial charge in [0.1, 0.15) is 17.8 Å². The molecule has 25 heavy (non-hydrogen) atoms. The van der Waals surface area contributed by atoms with Crippen molar-refractivity contribution in [2.75, 3.05) is 13.1 Å². The zero-order chi connectivity index (χ0) is 18.1. The fraction of sp³-hybridized carbons (Fsp3) is 0.294. The summed E-state index contributed by atoms with van der Waals surface area (Å²) in [5.41, 5.74) is 0.679. The molecule has 2 aromatic heterocycles. The molecule has 3 rings (SSSR count). The number of H-pyrrole nitrogens is 1. The first kappa shape index (κ1) is 16.7. The van der Waals surface area contributed by atoms with Crippen LogP contribution in [-0.2, 0) is 4.79 Å². The minimum absolute atomic E-state index is 0.102. The van der Waals surface area contributed by atoms with E-state index in [2.05, 4.69) is 10.1 Å². The van der Waals surface area contributed by atoms with Crippen LogP contribution in [0.2, 0.25) is 0 Å². The molecule has 0 unspecified atom stereocenters. The number of aromatic nitrogens is 3. The first-order chi connectivity index (χ1) is 11.9. The Hall–Kier alpha value is -3.16. The van der Waals surface area contributed by atoms with Gasteiger partial charge in [-0.25, -0.2) is 4.52 Å². The largest absolute Gasteiger partial charge is 0.480 e. The summed E-state index contributed by atoms with van der Waals surface area (Å²) >= 11 is 0. The summed E-state index contributed by atoms with van der Waals surface area (Å²) < 4.78 is 1.48. The quantitative estimate of drug-likeness (QED) is 0.728. The minimum Gasteiger partial charge on any atom is -0.480 e. The molecule has 0 fully saturated rings. The highest BCUT2D eigenvalue weighted by Gasteiger charge is 2.24. The fourth-order valence-corrected chi connectivity index (χ4v) is 2.83. The van der Waals surface area contributed by atoms with Crippen molar-refractivity contribution >= 4 is 28.4 Å². The Labute approximate surface area is 142 Å². The molecule has 0 saturated heterocycles. The predicted octanol–water partition coefficient (Wildman–Crippen LogP) is 1.36. The van der Waals surface area contributed by atoms with Gasteiger partial charge in [0.05, 0.1) is 17.1 Å². The molecular weight excluding hydrogens is 324 g/mol. The number of carboxylic acid groups (broad SMARTS) is 1. The molecule has 8 heteroatoms. The van der Waals surface area contributed by atoms with Crippen molar-refractivity contribution in [2.24, 2.45) is 5.92 Å². The van der Waals surface area contributed by atoms with Crippen molar-refractivity contribution in [3.05, 3.63) is 46.4 Å². The zero-order valence-corrected chi connectivity index (χ0v) is 13.9. The summed E-state index contributed by atoms with van der Waals surface area (Å²) in [5.74, 6) is -1.47. The molecule has 0 saturated carbocycles. The van der Waals surface area contributed by atoms with Gasteiger partial charge in [-0.2, -0.15) is 5.10 Å². The van der Waals surface area contributed by atoms with Gasteiger partial charge < -0.3 is 15.0 Å². The van der Waals surface area contributed by atoms with Crippen LogP contribution < -0.4 is 5.56 Å². The van der Waals surface area contributed by atoms with Gasteiger partial charge in [0, 0.05) is 6.54 Å². The molecule has 8 nitrogen and oxygen atoms in total. The van der Waals surface area contributed by atoms with E-state index in [0.717, 1.165) is 0 Å². The van der Waals surface area contributed by atoms with Gasteiger partial charge in [-0.1, -0.05) is 26.0 Å². The van der Waals surface area contributed by atoms with Gasteiger partial charge in [-0.05, 0) is 18.1 Å². The summed E-state index contributed by atoms with van der Waals surface area (Å²) in [6.45, 7) is 3.67. The molecule has 3 aromatic rings. The summed E-state index contributed by atoms with van der Waals surface area (Å²) in [5, 5.41) is 13.7. The minimum atomic E-state index is -1.09. The smallest absolute Gasteiger partial charge is 0.323 e. The molecule has 0 bridgehead atoms. The van der Waals surface area contributed by atoms with E-state index < -0.39 is 18.4 Å². The highest BCUT2D eigenvalue weighted by atomic mass is 16.4. The number of benzene rings is 1. The lowest BCUT2D eigenvalue weighted by atomic mass is 10.2. The van der Waals surface area contributed by atoms with Crippen LogP contribution in [0.4, 0.5) is 0 Å². The number of rotatable bonds is 5. The molecule has 0 atom stereocenters. The van der Waals surface area contributed by atoms with Crippen LogP contribution in [-0.4, -0.2) is 49.6 Å². The van der Waals surface area contributed by atoms with Crippen LogP contribution in [0.1, 0.15) is 24.2 Å². The van der Waals surface area contributed by atoms with E-state index in [0.29, 0.717) is 17.4 Å². The van der Waals surface area contributed by atoms with Crippen molar-refractivity contribution in [1.29, 1.82) is 0 Å². The Bertz CT molecular complexity index is 1020. The van der Waals surface area contributed by atoms with Gasteiger partial charge in [0.25, 0.3) is 11.5 Å². The number of aromatic amines is 1. The van der Waals surface area contributed by atoms with Gasteiger partial charge >= 0.3 is 5.97 Å². The molecular formula is C17H18N4O4. The van der Waals surface area contributed by atoms with Crippen molar-refractivity contribution in [3.8, 4) is 0 Å². The number of hydrogen-bond acceptors (Lipinski definition) is 4. The summed E-state index contributed by atoms with van der Waals surface area (Å²) in [6, 6.07) is 6.93. The molecule has 0 aliphatic rings. The summed E-state index contributed by atoms with van der Waals surface area (Å²) in [7, 11) is 0. The Morgan fingerprint density at radius 1 is 1.32 bits per heavy atom. The number of nitrogens with zero attached hydrogens (tertiary/aromatic N) is 3. The highest BCUT2D eigenvalue weighted by Crippen LogP contribution is 2.16. The molecule has 2 heterocycles. The number of carbonyl (C=O) groups excluding carboxylic acids is 1. The van der Waals surface area contributed by atoms with Gasteiger partial charge in [-0.15, -0.1) is 0 Å². The molecule has 0 aliphatic heterocycles. The lowest BCUT2D eigenvalue weighted by Crippen LogP contribution is -2.38. The second-order valence-electron chi connectivity index (χ2n) is 6.26. The number of amides is 1. The van der Waals surface area contributed by atoms with Crippen molar-refractivity contribution < 1.29 is 14.7 Å². The van der Waals surface area contributed by atoms with Crippen molar-refractivity contribution in [3.63, 3.8) is 0 Å². The number of carboxylic acids is 1. The number of nitrogens with one attached hydrogen (secondary N) is 1. The first-order valence-electron chi connectivity index (χ1n) is 7.88. The van der Waals surface area contributed by atoms with Crippen LogP contribution in [0.5, 0.6) is 0 Å². The average molecular weight is 342 g/mol. The molecule has 1 amide bonds. The SMILES string of the molecule is CC(C)CN(CC(=O)O)C(=O)c1cnn2c1[nH]c(=O)c1ccccc12. The van der Waals surface area contributed by atoms with E-state index >= 15 is 0 Å². The van der Waals surface area contributed by atoms with Crippen LogP contribution in [0.3, 0.4) is 0 Å². The Morgan fingerprint density at radius 2 is 2.04 bits per heavy atom. The van der Waals surface area contributed by atoms with E-state index in [1.807, 2.05) is 13.8 Å². The average Bonchev–Trinajstić information content (AvgIpc) is 2.97. The third kappa shape index (κ3) is 3.10. The molecule has 0 radical (unpaired) electrons. The first-order valence-corrected chi connectivity index (χ1v) is 7.88. The van der Waals surface area contributed by atoms with Gasteiger partial charge in [0.2, 0.25) is 0 Å². The van der Waals surface area contributed by atoms with E-state index in [-0.39, 0.29) is 22.7 Å². The van der Waals surface area contributed by atoms with Crippen LogP contribution in [0, 0.1) is 5.92 Å². The third-order valence-corrected chi connectivity index (χ3v) is 3.81. The topological polar surface area (TPSA) is 108 Å². The maximum atomic E-state index is 12.8. The second-order valence-corrected chi connectivity index (χ2v) is 6.26. The molecule has 2 N–H and O–H groups in total.